The van der Waals surface area contributed by atoms with E-state index in [9.17, 15) is 19.2 Å². The zero-order chi connectivity index (χ0) is 20.3. The monoisotopic (exact) mass is 496 g/mol. The molecule has 0 saturated heterocycles. The molecule has 0 amide bonds. The molecule has 0 spiro atoms. The van der Waals surface area contributed by atoms with E-state index in [-0.39, 0.29) is 27.7 Å². The minimum Gasteiger partial charge on any atom is -0.438 e. The van der Waals surface area contributed by atoms with E-state index in [1.165, 1.54) is 17.9 Å². The Morgan fingerprint density at radius 1 is 1.18 bits per heavy atom. The Bertz CT molecular complexity index is 1040. The predicted molar refractivity (Wildman–Crippen MR) is 108 cm³/mol. The fourth-order valence-electron chi connectivity index (χ4n) is 2.98. The summed E-state index contributed by atoms with van der Waals surface area (Å²) in [5.74, 6) is -0.769. The van der Waals surface area contributed by atoms with Crippen LogP contribution in [0.25, 0.3) is 0 Å². The summed E-state index contributed by atoms with van der Waals surface area (Å²) in [6, 6.07) is 7.81. The van der Waals surface area contributed by atoms with Gasteiger partial charge in [-0.25, -0.2) is 9.59 Å². The Hall–Kier alpha value is -2.69. The van der Waals surface area contributed by atoms with Crippen molar-refractivity contribution in [2.75, 3.05) is 13.7 Å². The minimum atomic E-state index is -0.773. The summed E-state index contributed by atoms with van der Waals surface area (Å²) < 4.78 is 11.6. The summed E-state index contributed by atoms with van der Waals surface area (Å²) in [5.41, 5.74) is -1.10. The van der Waals surface area contributed by atoms with Crippen molar-refractivity contribution in [3.8, 4) is 0 Å². The van der Waals surface area contributed by atoms with Gasteiger partial charge < -0.3 is 9.47 Å². The largest absolute Gasteiger partial charge is 0.507 e. The van der Waals surface area contributed by atoms with Crippen molar-refractivity contribution in [3.63, 3.8) is 0 Å². The Labute approximate surface area is 173 Å². The summed E-state index contributed by atoms with van der Waals surface area (Å²) in [7, 11) is 1.23. The van der Waals surface area contributed by atoms with Gasteiger partial charge in [0.1, 0.15) is 6.61 Å². The number of ether oxygens (including phenoxy) is 2. The number of halogens is 1. The molecule has 146 valence electrons. The highest BCUT2D eigenvalue weighted by molar-refractivity contribution is 14.1. The van der Waals surface area contributed by atoms with Crippen LogP contribution in [0.1, 0.15) is 22.8 Å². The van der Waals surface area contributed by atoms with Crippen LogP contribution in [-0.4, -0.2) is 34.9 Å². The lowest BCUT2D eigenvalue weighted by molar-refractivity contribution is 0.0640. The molecule has 3 rings (SSSR count). The third kappa shape index (κ3) is 4.08. The Kier molecular flexibility index (Phi) is 6.12. The van der Waals surface area contributed by atoms with Crippen molar-refractivity contribution in [2.24, 2.45) is 5.92 Å². The lowest BCUT2D eigenvalue weighted by Crippen LogP contribution is -2.45. The van der Waals surface area contributed by atoms with Gasteiger partial charge in [-0.2, -0.15) is 4.57 Å². The van der Waals surface area contributed by atoms with Gasteiger partial charge >= 0.3 is 11.8 Å². The second kappa shape index (κ2) is 8.55. The first-order chi connectivity index (χ1) is 13.4. The minimum absolute atomic E-state index is 0.0983. The highest BCUT2D eigenvalue weighted by atomic mass is 127. The number of carbonyl (C=O) groups is 2. The summed E-state index contributed by atoms with van der Waals surface area (Å²) in [4.78, 5) is 49.3. The molecular formula is C19H17IN2O6. The van der Waals surface area contributed by atoms with Crippen molar-refractivity contribution < 1.29 is 19.1 Å². The van der Waals surface area contributed by atoms with E-state index in [0.29, 0.717) is 11.0 Å². The van der Waals surface area contributed by atoms with Gasteiger partial charge in [-0.3, -0.25) is 14.2 Å². The average Bonchev–Trinajstić information content (AvgIpc) is 3.18. The highest BCUT2D eigenvalue weighted by Crippen LogP contribution is 2.27. The number of nitrogens with zero attached hydrogens (tertiary/aromatic N) is 2. The molecule has 0 radical (unpaired) electrons. The SMILES string of the molecule is COC(=O)OC[C@@H]1C=C[C@H](n2cc(I)c(=O)n(C(=O)c3ccccc3)c2=O)C1. The van der Waals surface area contributed by atoms with Crippen molar-refractivity contribution in [1.82, 2.24) is 9.13 Å². The Morgan fingerprint density at radius 3 is 2.57 bits per heavy atom. The number of aromatic nitrogens is 2. The number of carbonyl (C=O) groups excluding carboxylic acids is 2. The smallest absolute Gasteiger partial charge is 0.438 e. The van der Waals surface area contributed by atoms with Crippen LogP contribution in [-0.2, 0) is 9.47 Å². The van der Waals surface area contributed by atoms with Gasteiger partial charge in [0.15, 0.2) is 0 Å². The number of benzene rings is 1. The maximum absolute atomic E-state index is 12.9. The lowest BCUT2D eigenvalue weighted by atomic mass is 10.1. The maximum atomic E-state index is 12.9. The normalized spacial score (nSPS) is 18.1. The highest BCUT2D eigenvalue weighted by Gasteiger charge is 2.26. The molecule has 0 aliphatic heterocycles. The number of hydrogen-bond acceptors (Lipinski definition) is 6. The molecule has 8 nitrogen and oxygen atoms in total. The topological polar surface area (TPSA) is 96.6 Å². The van der Waals surface area contributed by atoms with Crippen molar-refractivity contribution >= 4 is 34.7 Å². The van der Waals surface area contributed by atoms with E-state index in [1.54, 1.807) is 36.4 Å². The van der Waals surface area contributed by atoms with Gasteiger partial charge in [0.05, 0.1) is 16.7 Å². The van der Waals surface area contributed by atoms with Gasteiger partial charge in [0.25, 0.3) is 11.5 Å². The van der Waals surface area contributed by atoms with Crippen molar-refractivity contribution in [3.05, 3.63) is 78.7 Å². The molecule has 28 heavy (non-hydrogen) atoms. The van der Waals surface area contributed by atoms with Crippen molar-refractivity contribution in [2.45, 2.75) is 12.5 Å². The van der Waals surface area contributed by atoms with Crippen LogP contribution in [0.2, 0.25) is 0 Å². The molecular weight excluding hydrogens is 479 g/mol. The molecule has 0 fully saturated rings. The van der Waals surface area contributed by atoms with Crippen LogP contribution < -0.4 is 11.2 Å². The maximum Gasteiger partial charge on any atom is 0.507 e. The summed E-state index contributed by atoms with van der Waals surface area (Å²) in [6.07, 6.45) is 4.79. The van der Waals surface area contributed by atoms with E-state index >= 15 is 0 Å². The van der Waals surface area contributed by atoms with Gasteiger partial charge in [0, 0.05) is 17.7 Å². The fourth-order valence-corrected chi connectivity index (χ4v) is 3.53. The standard InChI is InChI=1S/C19H17IN2O6/c1-27-19(26)28-11-12-7-8-14(9-12)21-10-15(20)17(24)22(18(21)25)16(23)13-5-3-2-4-6-13/h2-8,10,12,14H,9,11H2,1H3/t12-,14+/m1/s1. The Morgan fingerprint density at radius 2 is 1.89 bits per heavy atom. The summed E-state index contributed by atoms with van der Waals surface area (Å²) in [6.45, 7) is 0.119. The number of rotatable bonds is 4. The molecule has 1 aromatic heterocycles. The quantitative estimate of drug-likeness (QED) is 0.366. The Balaban J connectivity index is 1.90. The van der Waals surface area contributed by atoms with Crippen LogP contribution in [0.3, 0.4) is 0 Å². The van der Waals surface area contributed by atoms with E-state index < -0.39 is 23.3 Å². The second-order valence-electron chi connectivity index (χ2n) is 6.19. The molecule has 0 unspecified atom stereocenters. The third-order valence-corrected chi connectivity index (χ3v) is 5.12. The van der Waals surface area contributed by atoms with E-state index in [4.69, 9.17) is 4.74 Å². The number of hydrogen-bond donors (Lipinski definition) is 0. The zero-order valence-corrected chi connectivity index (χ0v) is 17.1. The number of methoxy groups -OCH3 is 1. The van der Waals surface area contributed by atoms with Crippen LogP contribution in [0, 0.1) is 9.49 Å². The van der Waals surface area contributed by atoms with Crippen molar-refractivity contribution in [1.29, 1.82) is 0 Å². The van der Waals surface area contributed by atoms with Gasteiger partial charge in [-0.05, 0) is 41.1 Å². The van der Waals surface area contributed by atoms with Gasteiger partial charge in [-0.1, -0.05) is 30.4 Å². The van der Waals surface area contributed by atoms with E-state index in [2.05, 4.69) is 4.74 Å². The first kappa shape index (κ1) is 20.1. The molecule has 0 saturated carbocycles. The van der Waals surface area contributed by atoms with Crippen LogP contribution in [0.15, 0.2) is 58.3 Å². The van der Waals surface area contributed by atoms with Gasteiger partial charge in [-0.15, -0.1) is 0 Å². The van der Waals surface area contributed by atoms with Gasteiger partial charge in [0.2, 0.25) is 0 Å². The molecule has 1 aliphatic carbocycles. The zero-order valence-electron chi connectivity index (χ0n) is 14.9. The molecule has 9 heteroatoms. The van der Waals surface area contributed by atoms with Crippen LogP contribution >= 0.6 is 22.6 Å². The molecule has 2 aromatic rings. The van der Waals surface area contributed by atoms with E-state index in [0.717, 1.165) is 0 Å². The van der Waals surface area contributed by atoms with Crippen LogP contribution in [0.4, 0.5) is 4.79 Å². The molecule has 0 bridgehead atoms. The van der Waals surface area contributed by atoms with E-state index in [1.807, 2.05) is 28.7 Å². The van der Waals surface area contributed by atoms with Crippen LogP contribution in [0.5, 0.6) is 0 Å². The third-order valence-electron chi connectivity index (χ3n) is 4.38. The molecule has 0 N–H and O–H groups in total. The second-order valence-corrected chi connectivity index (χ2v) is 7.35. The lowest BCUT2D eigenvalue weighted by Gasteiger charge is -2.16. The predicted octanol–water partition coefficient (Wildman–Crippen LogP) is 2.20. The first-order valence-corrected chi connectivity index (χ1v) is 9.52. The summed E-state index contributed by atoms with van der Waals surface area (Å²) >= 11 is 1.81. The molecule has 1 aliphatic rings. The fraction of sp³-hybridized carbons (Fsp3) is 0.263. The number of allylic oxidation sites excluding steroid dienone is 1. The average molecular weight is 496 g/mol. The molecule has 1 heterocycles. The summed E-state index contributed by atoms with van der Waals surface area (Å²) in [5, 5.41) is 0. The molecule has 2 atom stereocenters. The molecule has 1 aromatic carbocycles. The first-order valence-electron chi connectivity index (χ1n) is 8.45.